The highest BCUT2D eigenvalue weighted by Gasteiger charge is 2.21. The van der Waals surface area contributed by atoms with Gasteiger partial charge in [-0.1, -0.05) is 26.3 Å². The fourth-order valence-corrected chi connectivity index (χ4v) is 1.91. The van der Waals surface area contributed by atoms with Gasteiger partial charge < -0.3 is 10.0 Å². The van der Waals surface area contributed by atoms with E-state index in [0.29, 0.717) is 17.7 Å². The van der Waals surface area contributed by atoms with E-state index in [2.05, 4.69) is 0 Å². The van der Waals surface area contributed by atoms with Crippen LogP contribution in [0.25, 0.3) is 0 Å². The summed E-state index contributed by atoms with van der Waals surface area (Å²) in [7, 11) is 0. The number of carboxylic acid groups (broad SMARTS) is 1. The second kappa shape index (κ2) is 8.05. The molecule has 112 valence electrons. The summed E-state index contributed by atoms with van der Waals surface area (Å²) in [6.07, 6.45) is 2.03. The van der Waals surface area contributed by atoms with Gasteiger partial charge in [-0.15, -0.1) is 0 Å². The van der Waals surface area contributed by atoms with Crippen LogP contribution in [0.1, 0.15) is 38.7 Å². The van der Waals surface area contributed by atoms with Crippen LogP contribution in [0, 0.1) is 17.2 Å². The Balaban J connectivity index is 3.02. The molecule has 1 atom stereocenters. The van der Waals surface area contributed by atoms with E-state index in [4.69, 9.17) is 10.4 Å². The Bertz CT molecular complexity index is 549. The third-order valence-corrected chi connectivity index (χ3v) is 3.21. The van der Waals surface area contributed by atoms with E-state index in [1.165, 1.54) is 4.90 Å². The number of carbonyl (C=O) groups excluding carboxylic acids is 1. The van der Waals surface area contributed by atoms with E-state index in [9.17, 15) is 9.59 Å². The van der Waals surface area contributed by atoms with Crippen molar-refractivity contribution in [3.63, 3.8) is 0 Å². The van der Waals surface area contributed by atoms with Crippen molar-refractivity contribution in [1.29, 1.82) is 5.26 Å². The third-order valence-electron chi connectivity index (χ3n) is 3.21. The first-order chi connectivity index (χ1) is 9.99. The summed E-state index contributed by atoms with van der Waals surface area (Å²) in [5, 5.41) is 18.0. The van der Waals surface area contributed by atoms with Crippen molar-refractivity contribution in [1.82, 2.24) is 0 Å². The van der Waals surface area contributed by atoms with Crippen LogP contribution in [-0.2, 0) is 9.59 Å². The lowest BCUT2D eigenvalue weighted by molar-refractivity contribution is -0.140. The van der Waals surface area contributed by atoms with E-state index in [1.54, 1.807) is 31.2 Å². The molecule has 0 heterocycles. The number of amides is 1. The van der Waals surface area contributed by atoms with Gasteiger partial charge in [-0.3, -0.25) is 9.59 Å². The van der Waals surface area contributed by atoms with Crippen LogP contribution in [0.3, 0.4) is 0 Å². The molecule has 0 aliphatic heterocycles. The average Bonchev–Trinajstić information content (AvgIpc) is 2.49. The lowest BCUT2D eigenvalue weighted by Gasteiger charge is -2.25. The zero-order chi connectivity index (χ0) is 15.8. The van der Waals surface area contributed by atoms with Crippen molar-refractivity contribution in [3.05, 3.63) is 29.8 Å². The Morgan fingerprint density at radius 3 is 2.71 bits per heavy atom. The third kappa shape index (κ3) is 4.92. The van der Waals surface area contributed by atoms with Gasteiger partial charge in [0, 0.05) is 18.7 Å². The first-order valence-corrected chi connectivity index (χ1v) is 7.03. The molecule has 5 nitrogen and oxygen atoms in total. The smallest absolute Gasteiger partial charge is 0.308 e. The summed E-state index contributed by atoms with van der Waals surface area (Å²) in [6, 6.07) is 8.70. The van der Waals surface area contributed by atoms with Gasteiger partial charge in [0.25, 0.3) is 0 Å². The molecule has 1 rings (SSSR count). The van der Waals surface area contributed by atoms with Crippen LogP contribution in [-0.4, -0.2) is 23.5 Å². The number of benzene rings is 1. The minimum absolute atomic E-state index is 0.104. The highest BCUT2D eigenvalue weighted by atomic mass is 16.4. The lowest BCUT2D eigenvalue weighted by atomic mass is 10.1. The molecule has 0 aliphatic rings. The van der Waals surface area contributed by atoms with Gasteiger partial charge in [-0.25, -0.2) is 0 Å². The topological polar surface area (TPSA) is 81.4 Å². The van der Waals surface area contributed by atoms with Crippen molar-refractivity contribution < 1.29 is 14.7 Å². The van der Waals surface area contributed by atoms with E-state index >= 15 is 0 Å². The zero-order valence-corrected chi connectivity index (χ0v) is 12.4. The Labute approximate surface area is 124 Å². The van der Waals surface area contributed by atoms with E-state index < -0.39 is 11.9 Å². The molecule has 0 spiro atoms. The zero-order valence-electron chi connectivity index (χ0n) is 12.4. The maximum atomic E-state index is 12.3. The number of rotatable bonds is 7. The number of aliphatic carboxylic acids is 1. The Morgan fingerprint density at radius 1 is 1.43 bits per heavy atom. The molecular formula is C16H20N2O3. The molecule has 0 saturated heterocycles. The Hall–Kier alpha value is -2.35. The predicted octanol–water partition coefficient (Wildman–Crippen LogP) is 2.80. The predicted molar refractivity (Wildman–Crippen MR) is 79.8 cm³/mol. The quantitative estimate of drug-likeness (QED) is 0.836. The minimum Gasteiger partial charge on any atom is -0.481 e. The largest absolute Gasteiger partial charge is 0.481 e. The Kier molecular flexibility index (Phi) is 6.41. The van der Waals surface area contributed by atoms with Gasteiger partial charge in [0.05, 0.1) is 17.6 Å². The number of carboxylic acids is 1. The summed E-state index contributed by atoms with van der Waals surface area (Å²) < 4.78 is 0. The number of nitrogens with zero attached hydrogens (tertiary/aromatic N) is 2. The summed E-state index contributed by atoms with van der Waals surface area (Å²) in [5.74, 6) is -1.72. The number of nitriles is 1. The number of hydrogen-bond donors (Lipinski definition) is 1. The summed E-state index contributed by atoms with van der Waals surface area (Å²) in [4.78, 5) is 24.8. The fourth-order valence-electron chi connectivity index (χ4n) is 1.91. The van der Waals surface area contributed by atoms with Gasteiger partial charge in [0.15, 0.2) is 0 Å². The molecule has 0 radical (unpaired) electrons. The number of unbranched alkanes of at least 4 members (excludes halogenated alkanes) is 1. The molecular weight excluding hydrogens is 268 g/mol. The molecule has 21 heavy (non-hydrogen) atoms. The SMILES string of the molecule is CCCCC(=O)N(CC(C)C(=O)O)c1cccc(C#N)c1. The molecule has 1 amide bonds. The van der Waals surface area contributed by atoms with Crippen molar-refractivity contribution in [2.24, 2.45) is 5.92 Å². The van der Waals surface area contributed by atoms with Crippen LogP contribution in [0.4, 0.5) is 5.69 Å². The molecule has 0 saturated carbocycles. The molecule has 0 fully saturated rings. The molecule has 1 aromatic rings. The monoisotopic (exact) mass is 288 g/mol. The second-order valence-corrected chi connectivity index (χ2v) is 5.01. The molecule has 0 aromatic heterocycles. The summed E-state index contributed by atoms with van der Waals surface area (Å²) in [6.45, 7) is 3.66. The van der Waals surface area contributed by atoms with Gasteiger partial charge in [-0.2, -0.15) is 5.26 Å². The first-order valence-electron chi connectivity index (χ1n) is 7.03. The van der Waals surface area contributed by atoms with Crippen LogP contribution < -0.4 is 4.90 Å². The lowest BCUT2D eigenvalue weighted by Crippen LogP contribution is -2.37. The van der Waals surface area contributed by atoms with Crippen LogP contribution in [0.2, 0.25) is 0 Å². The second-order valence-electron chi connectivity index (χ2n) is 5.01. The highest BCUT2D eigenvalue weighted by Crippen LogP contribution is 2.19. The van der Waals surface area contributed by atoms with Gasteiger partial charge in [0.2, 0.25) is 5.91 Å². The van der Waals surface area contributed by atoms with Gasteiger partial charge in [0.1, 0.15) is 0 Å². The normalized spacial score (nSPS) is 11.5. The van der Waals surface area contributed by atoms with Gasteiger partial charge >= 0.3 is 5.97 Å². The van der Waals surface area contributed by atoms with Crippen molar-refractivity contribution in [3.8, 4) is 6.07 Å². The highest BCUT2D eigenvalue weighted by molar-refractivity contribution is 5.94. The maximum absolute atomic E-state index is 12.3. The fraction of sp³-hybridized carbons (Fsp3) is 0.438. The van der Waals surface area contributed by atoms with E-state index in [-0.39, 0.29) is 12.5 Å². The average molecular weight is 288 g/mol. The van der Waals surface area contributed by atoms with Crippen molar-refractivity contribution >= 4 is 17.6 Å². The maximum Gasteiger partial charge on any atom is 0.308 e. The molecule has 0 aliphatic carbocycles. The molecule has 1 unspecified atom stereocenters. The Morgan fingerprint density at radius 2 is 2.14 bits per heavy atom. The van der Waals surface area contributed by atoms with E-state index in [0.717, 1.165) is 12.8 Å². The number of anilines is 1. The van der Waals surface area contributed by atoms with Crippen molar-refractivity contribution in [2.75, 3.05) is 11.4 Å². The van der Waals surface area contributed by atoms with Crippen LogP contribution in [0.5, 0.6) is 0 Å². The first kappa shape index (κ1) is 16.7. The number of hydrogen-bond acceptors (Lipinski definition) is 3. The standard InChI is InChI=1S/C16H20N2O3/c1-3-4-8-15(19)18(11-12(2)16(20)21)14-7-5-6-13(9-14)10-17/h5-7,9,12H,3-4,8,11H2,1-2H3,(H,20,21). The summed E-state index contributed by atoms with van der Waals surface area (Å²) in [5.41, 5.74) is 1.02. The van der Waals surface area contributed by atoms with Crippen LogP contribution >= 0.6 is 0 Å². The van der Waals surface area contributed by atoms with Crippen molar-refractivity contribution in [2.45, 2.75) is 33.1 Å². The summed E-state index contributed by atoms with van der Waals surface area (Å²) >= 11 is 0. The molecule has 1 N–H and O–H groups in total. The molecule has 1 aromatic carbocycles. The van der Waals surface area contributed by atoms with Gasteiger partial charge in [-0.05, 0) is 24.6 Å². The van der Waals surface area contributed by atoms with Crippen LogP contribution in [0.15, 0.2) is 24.3 Å². The minimum atomic E-state index is -0.945. The molecule has 0 bridgehead atoms. The van der Waals surface area contributed by atoms with E-state index in [1.807, 2.05) is 13.0 Å². The molecule has 5 heteroatoms. The number of carbonyl (C=O) groups is 2.